The van der Waals surface area contributed by atoms with Crippen LogP contribution in [0.15, 0.2) is 65.6 Å². The van der Waals surface area contributed by atoms with E-state index in [0.717, 1.165) is 50.3 Å². The third kappa shape index (κ3) is 3.95. The molecule has 0 radical (unpaired) electrons. The smallest absolute Gasteiger partial charge is 0.263 e. The fourth-order valence-corrected chi connectivity index (χ4v) is 4.91. The molecule has 0 saturated heterocycles. The van der Waals surface area contributed by atoms with Crippen LogP contribution in [0.4, 0.5) is 0 Å². The number of nitrogens with one attached hydrogen (secondary N) is 1. The van der Waals surface area contributed by atoms with E-state index in [2.05, 4.69) is 16.9 Å². The van der Waals surface area contributed by atoms with Crippen LogP contribution in [0.1, 0.15) is 25.8 Å². The molecular formula is C29H29N3O4. The van der Waals surface area contributed by atoms with Gasteiger partial charge >= 0.3 is 0 Å². The van der Waals surface area contributed by atoms with E-state index in [0.29, 0.717) is 30.7 Å². The number of ether oxygens (including phenoxy) is 2. The Bertz CT molecular complexity index is 1670. The second kappa shape index (κ2) is 9.59. The van der Waals surface area contributed by atoms with Crippen molar-refractivity contribution >= 4 is 44.0 Å². The topological polar surface area (TPSA) is 81.9 Å². The van der Waals surface area contributed by atoms with Gasteiger partial charge in [-0.3, -0.25) is 19.0 Å². The summed E-state index contributed by atoms with van der Waals surface area (Å²) in [6.07, 6.45) is 2.37. The highest BCUT2D eigenvalue weighted by Crippen LogP contribution is 2.39. The van der Waals surface area contributed by atoms with Crippen LogP contribution in [0.2, 0.25) is 0 Å². The summed E-state index contributed by atoms with van der Waals surface area (Å²) in [7, 11) is 1.64. The number of rotatable bonds is 9. The standard InChI is InChI=1S/C29H29N3O4/c1-17(2)16-22-24(36-18(3)28(33)31-13-7-15-35-4)11-10-23-25(22)21-12-14-30-26-19-8-5-6-9-20(19)29(34)32(23)27(21)26/h5-6,8-12,14,18H,1,7,13,15-16H2,2-4H3,(H,31,33). The average molecular weight is 484 g/mol. The van der Waals surface area contributed by atoms with Crippen LogP contribution in [0.5, 0.6) is 5.75 Å². The Morgan fingerprint density at radius 3 is 2.67 bits per heavy atom. The molecule has 0 saturated carbocycles. The van der Waals surface area contributed by atoms with Crippen molar-refractivity contribution in [2.75, 3.05) is 20.3 Å². The second-order valence-electron chi connectivity index (χ2n) is 9.21. The number of allylic oxidation sites excluding steroid dienone is 1. The molecule has 7 nitrogen and oxygen atoms in total. The third-order valence-corrected chi connectivity index (χ3v) is 6.50. The van der Waals surface area contributed by atoms with Gasteiger partial charge in [-0.2, -0.15) is 0 Å². The number of nitrogens with zero attached hydrogens (tertiary/aromatic N) is 2. The minimum atomic E-state index is -0.694. The molecule has 1 atom stereocenters. The molecular weight excluding hydrogens is 454 g/mol. The third-order valence-electron chi connectivity index (χ3n) is 6.50. The van der Waals surface area contributed by atoms with E-state index in [-0.39, 0.29) is 11.5 Å². The van der Waals surface area contributed by atoms with Gasteiger partial charge in [0.25, 0.3) is 11.5 Å². The lowest BCUT2D eigenvalue weighted by atomic mass is 9.99. The molecule has 0 fully saturated rings. The quantitative estimate of drug-likeness (QED) is 0.188. The van der Waals surface area contributed by atoms with Gasteiger partial charge in [-0.15, -0.1) is 0 Å². The zero-order chi connectivity index (χ0) is 25.4. The van der Waals surface area contributed by atoms with Crippen LogP contribution in [0.3, 0.4) is 0 Å². The normalized spacial score (nSPS) is 12.5. The van der Waals surface area contributed by atoms with E-state index in [1.54, 1.807) is 24.6 Å². The lowest BCUT2D eigenvalue weighted by molar-refractivity contribution is -0.127. The summed E-state index contributed by atoms with van der Waals surface area (Å²) in [5, 5.41) is 6.20. The predicted octanol–water partition coefficient (Wildman–Crippen LogP) is 4.63. The highest BCUT2D eigenvalue weighted by Gasteiger charge is 2.23. The van der Waals surface area contributed by atoms with Gasteiger partial charge in [0.05, 0.1) is 16.6 Å². The van der Waals surface area contributed by atoms with Gasteiger partial charge < -0.3 is 14.8 Å². The summed E-state index contributed by atoms with van der Waals surface area (Å²) >= 11 is 0. The van der Waals surface area contributed by atoms with Crippen molar-refractivity contribution in [3.63, 3.8) is 0 Å². The van der Waals surface area contributed by atoms with E-state index in [1.807, 2.05) is 49.4 Å². The zero-order valence-corrected chi connectivity index (χ0v) is 20.8. The van der Waals surface area contributed by atoms with E-state index in [9.17, 15) is 9.59 Å². The van der Waals surface area contributed by atoms with Gasteiger partial charge in [-0.1, -0.05) is 30.4 Å². The van der Waals surface area contributed by atoms with Crippen molar-refractivity contribution in [3.8, 4) is 5.75 Å². The molecule has 5 rings (SSSR count). The number of carbonyl (C=O) groups excluding carboxylic acids is 1. The fraction of sp³-hybridized carbons (Fsp3) is 0.276. The summed E-state index contributed by atoms with van der Waals surface area (Å²) in [4.78, 5) is 30.9. The predicted molar refractivity (Wildman–Crippen MR) is 143 cm³/mol. The van der Waals surface area contributed by atoms with Gasteiger partial charge in [0.15, 0.2) is 6.10 Å². The Hall–Kier alpha value is -3.97. The number of carbonyl (C=O) groups is 1. The van der Waals surface area contributed by atoms with Crippen LogP contribution in [0.25, 0.3) is 38.1 Å². The van der Waals surface area contributed by atoms with Crippen LogP contribution in [0, 0.1) is 0 Å². The lowest BCUT2D eigenvalue weighted by Gasteiger charge is -2.18. The Balaban J connectivity index is 1.69. The van der Waals surface area contributed by atoms with Crippen molar-refractivity contribution in [2.45, 2.75) is 32.8 Å². The van der Waals surface area contributed by atoms with Crippen molar-refractivity contribution in [1.29, 1.82) is 0 Å². The molecule has 5 aromatic rings. The molecule has 1 N–H and O–H groups in total. The molecule has 0 aliphatic rings. The summed E-state index contributed by atoms with van der Waals surface area (Å²) in [6, 6.07) is 13.2. The molecule has 36 heavy (non-hydrogen) atoms. The molecule has 3 aromatic heterocycles. The first-order valence-corrected chi connectivity index (χ1v) is 12.1. The maximum atomic E-state index is 13.6. The fourth-order valence-electron chi connectivity index (χ4n) is 4.91. The van der Waals surface area contributed by atoms with Crippen molar-refractivity contribution in [1.82, 2.24) is 14.7 Å². The highest BCUT2D eigenvalue weighted by atomic mass is 16.5. The molecule has 1 amide bonds. The number of hydrogen-bond donors (Lipinski definition) is 1. The Morgan fingerprint density at radius 1 is 1.14 bits per heavy atom. The Morgan fingerprint density at radius 2 is 1.92 bits per heavy atom. The van der Waals surface area contributed by atoms with Gasteiger partial charge in [-0.05, 0) is 51.0 Å². The first-order valence-electron chi connectivity index (χ1n) is 12.1. The molecule has 2 aromatic carbocycles. The summed E-state index contributed by atoms with van der Waals surface area (Å²) in [5.41, 5.74) is 4.14. The molecule has 3 heterocycles. The summed E-state index contributed by atoms with van der Waals surface area (Å²) in [6.45, 7) is 8.92. The number of amides is 1. The summed E-state index contributed by atoms with van der Waals surface area (Å²) in [5.74, 6) is 0.414. The largest absolute Gasteiger partial charge is 0.481 e. The van der Waals surface area contributed by atoms with Crippen molar-refractivity contribution in [2.24, 2.45) is 0 Å². The second-order valence-corrected chi connectivity index (χ2v) is 9.21. The first-order chi connectivity index (χ1) is 17.4. The molecule has 0 aliphatic carbocycles. The van der Waals surface area contributed by atoms with Gasteiger partial charge in [0, 0.05) is 53.6 Å². The molecule has 0 bridgehead atoms. The van der Waals surface area contributed by atoms with Crippen LogP contribution in [-0.4, -0.2) is 41.7 Å². The van der Waals surface area contributed by atoms with Crippen LogP contribution >= 0.6 is 0 Å². The molecule has 1 unspecified atom stereocenters. The molecule has 7 heteroatoms. The molecule has 184 valence electrons. The van der Waals surface area contributed by atoms with E-state index < -0.39 is 6.10 Å². The van der Waals surface area contributed by atoms with Crippen molar-refractivity contribution < 1.29 is 14.3 Å². The highest BCUT2D eigenvalue weighted by molar-refractivity contribution is 6.19. The average Bonchev–Trinajstić information content (AvgIpc) is 3.21. The number of pyridine rings is 2. The number of benzene rings is 2. The number of aromatic nitrogens is 2. The maximum Gasteiger partial charge on any atom is 0.263 e. The SMILES string of the molecule is C=C(C)Cc1c(OC(C)C(=O)NCCCOC)ccc2c1c1ccnc3c4ccccc4c(=O)n2c13. The summed E-state index contributed by atoms with van der Waals surface area (Å²) < 4.78 is 13.0. The lowest BCUT2D eigenvalue weighted by Crippen LogP contribution is -2.37. The minimum Gasteiger partial charge on any atom is -0.481 e. The van der Waals surface area contributed by atoms with Gasteiger partial charge in [-0.25, -0.2) is 0 Å². The number of methoxy groups -OCH3 is 1. The van der Waals surface area contributed by atoms with E-state index in [1.165, 1.54) is 0 Å². The maximum absolute atomic E-state index is 13.6. The number of hydrogen-bond acceptors (Lipinski definition) is 5. The first kappa shape index (κ1) is 23.8. The Kier molecular flexibility index (Phi) is 6.33. The minimum absolute atomic E-state index is 0.0788. The van der Waals surface area contributed by atoms with E-state index in [4.69, 9.17) is 9.47 Å². The zero-order valence-electron chi connectivity index (χ0n) is 20.8. The molecule has 0 aliphatic heterocycles. The van der Waals surface area contributed by atoms with Crippen molar-refractivity contribution in [3.05, 3.63) is 76.7 Å². The van der Waals surface area contributed by atoms with Gasteiger partial charge in [0.1, 0.15) is 5.75 Å². The molecule has 0 spiro atoms. The van der Waals surface area contributed by atoms with Gasteiger partial charge in [0.2, 0.25) is 0 Å². The monoisotopic (exact) mass is 483 g/mol. The van der Waals surface area contributed by atoms with E-state index >= 15 is 0 Å². The Labute approximate surface area is 208 Å². The van der Waals surface area contributed by atoms with Crippen LogP contribution in [-0.2, 0) is 16.0 Å². The number of fused-ring (bicyclic) bond motifs is 5. The van der Waals surface area contributed by atoms with Crippen LogP contribution < -0.4 is 15.6 Å².